The Bertz CT molecular complexity index is 1100. The van der Waals surface area contributed by atoms with E-state index >= 15 is 0 Å². The molecule has 0 radical (unpaired) electrons. The zero-order valence-corrected chi connectivity index (χ0v) is 16.6. The van der Waals surface area contributed by atoms with Crippen LogP contribution in [-0.4, -0.2) is 17.7 Å². The number of amides is 3. The summed E-state index contributed by atoms with van der Waals surface area (Å²) in [6.45, 7) is 3.28. The Morgan fingerprint density at radius 1 is 0.900 bits per heavy atom. The maximum absolute atomic E-state index is 12.9. The molecule has 3 rings (SSSR count). The van der Waals surface area contributed by atoms with Gasteiger partial charge < -0.3 is 20.4 Å². The fourth-order valence-corrected chi connectivity index (χ4v) is 2.73. The van der Waals surface area contributed by atoms with Gasteiger partial charge >= 0.3 is 0 Å². The van der Waals surface area contributed by atoms with Gasteiger partial charge in [-0.15, -0.1) is 0 Å². The first-order chi connectivity index (χ1) is 14.4. The number of hydrogen-bond acceptors (Lipinski definition) is 4. The van der Waals surface area contributed by atoms with Crippen molar-refractivity contribution >= 4 is 35.2 Å². The zero-order valence-electron chi connectivity index (χ0n) is 16.6. The molecule has 0 saturated heterocycles. The van der Waals surface area contributed by atoms with Crippen LogP contribution in [0.2, 0.25) is 0 Å². The molecule has 0 aliphatic heterocycles. The van der Waals surface area contributed by atoms with Gasteiger partial charge in [0, 0.05) is 29.9 Å². The zero-order chi connectivity index (χ0) is 21.5. The van der Waals surface area contributed by atoms with Crippen molar-refractivity contribution in [3.05, 3.63) is 89.5 Å². The molecule has 3 amide bonds. The van der Waals surface area contributed by atoms with Crippen LogP contribution >= 0.6 is 0 Å². The number of benzene rings is 2. The van der Waals surface area contributed by atoms with Crippen molar-refractivity contribution in [2.75, 3.05) is 10.6 Å². The van der Waals surface area contributed by atoms with Crippen molar-refractivity contribution in [1.82, 2.24) is 5.32 Å². The second-order valence-corrected chi connectivity index (χ2v) is 6.61. The fraction of sp³-hybridized carbons (Fsp3) is 0.0870. The van der Waals surface area contributed by atoms with Crippen LogP contribution in [0.5, 0.6) is 0 Å². The molecule has 1 heterocycles. The van der Waals surface area contributed by atoms with Crippen molar-refractivity contribution in [3.8, 4) is 0 Å². The van der Waals surface area contributed by atoms with Gasteiger partial charge in [-0.2, -0.15) is 0 Å². The van der Waals surface area contributed by atoms with Crippen LogP contribution in [0.1, 0.15) is 28.6 Å². The number of hydrogen-bond donors (Lipinski definition) is 3. The molecule has 0 saturated carbocycles. The second kappa shape index (κ2) is 9.38. The van der Waals surface area contributed by atoms with Gasteiger partial charge in [0.05, 0.1) is 6.26 Å². The van der Waals surface area contributed by atoms with Crippen LogP contribution in [-0.2, 0) is 9.59 Å². The predicted octanol–water partition coefficient (Wildman–Crippen LogP) is 3.96. The van der Waals surface area contributed by atoms with Crippen molar-refractivity contribution in [2.24, 2.45) is 0 Å². The second-order valence-electron chi connectivity index (χ2n) is 6.61. The molecular weight excluding hydrogens is 382 g/mol. The molecule has 1 aromatic heterocycles. The lowest BCUT2D eigenvalue weighted by molar-refractivity contribution is -0.114. The Hall–Kier alpha value is -4.13. The summed E-state index contributed by atoms with van der Waals surface area (Å²) in [6, 6.07) is 17.1. The van der Waals surface area contributed by atoms with Crippen molar-refractivity contribution < 1.29 is 18.8 Å². The monoisotopic (exact) mass is 403 g/mol. The first-order valence-electron chi connectivity index (χ1n) is 9.23. The molecule has 30 heavy (non-hydrogen) atoms. The molecule has 7 nitrogen and oxygen atoms in total. The molecule has 2 aromatic carbocycles. The number of aryl methyl sites for hydroxylation is 1. The average molecular weight is 403 g/mol. The summed E-state index contributed by atoms with van der Waals surface area (Å²) >= 11 is 0. The maximum Gasteiger partial charge on any atom is 0.272 e. The van der Waals surface area contributed by atoms with E-state index in [1.54, 1.807) is 54.6 Å². The quantitative estimate of drug-likeness (QED) is 0.543. The van der Waals surface area contributed by atoms with Gasteiger partial charge in [0.15, 0.2) is 0 Å². The highest BCUT2D eigenvalue weighted by Crippen LogP contribution is 2.17. The largest absolute Gasteiger partial charge is 0.465 e. The smallest absolute Gasteiger partial charge is 0.272 e. The summed E-state index contributed by atoms with van der Waals surface area (Å²) in [5.41, 5.74) is 2.38. The number of carbonyl (C=O) groups is 3. The number of anilines is 2. The molecular formula is C23H21N3O4. The van der Waals surface area contributed by atoms with Crippen LogP contribution in [0, 0.1) is 6.92 Å². The van der Waals surface area contributed by atoms with Gasteiger partial charge in [0.1, 0.15) is 11.5 Å². The highest BCUT2D eigenvalue weighted by molar-refractivity contribution is 6.10. The summed E-state index contributed by atoms with van der Waals surface area (Å²) in [6.07, 6.45) is 2.92. The maximum atomic E-state index is 12.9. The summed E-state index contributed by atoms with van der Waals surface area (Å²) < 4.78 is 5.28. The van der Waals surface area contributed by atoms with Crippen LogP contribution < -0.4 is 16.0 Å². The molecule has 0 spiro atoms. The Balaban J connectivity index is 1.83. The molecule has 0 aliphatic rings. The van der Waals surface area contributed by atoms with E-state index in [1.807, 2.05) is 13.0 Å². The van der Waals surface area contributed by atoms with E-state index in [9.17, 15) is 14.4 Å². The minimum Gasteiger partial charge on any atom is -0.465 e. The third-order valence-corrected chi connectivity index (χ3v) is 4.04. The Labute approximate surface area is 173 Å². The van der Waals surface area contributed by atoms with Gasteiger partial charge in [-0.05, 0) is 49.4 Å². The Morgan fingerprint density at radius 2 is 1.63 bits per heavy atom. The average Bonchev–Trinajstić information content (AvgIpc) is 3.20. The van der Waals surface area contributed by atoms with Crippen molar-refractivity contribution in [2.45, 2.75) is 13.8 Å². The summed E-state index contributed by atoms with van der Waals surface area (Å²) in [5, 5.41) is 8.02. The predicted molar refractivity (Wildman–Crippen MR) is 115 cm³/mol. The molecule has 0 atom stereocenters. The van der Waals surface area contributed by atoms with E-state index in [0.29, 0.717) is 22.7 Å². The van der Waals surface area contributed by atoms with Crippen molar-refractivity contribution in [3.63, 3.8) is 0 Å². The van der Waals surface area contributed by atoms with Gasteiger partial charge in [-0.3, -0.25) is 14.4 Å². The molecule has 0 unspecified atom stereocenters. The third kappa shape index (κ3) is 5.68. The first-order valence-corrected chi connectivity index (χ1v) is 9.23. The highest BCUT2D eigenvalue weighted by atomic mass is 16.3. The SMILES string of the molecule is CC(=O)Nc1cccc(NC(=O)/C(=C/c2ccco2)NC(=O)c2cccc(C)c2)c1. The molecule has 0 aliphatic carbocycles. The molecule has 0 bridgehead atoms. The minimum atomic E-state index is -0.535. The summed E-state index contributed by atoms with van der Waals surface area (Å²) in [4.78, 5) is 36.8. The van der Waals surface area contributed by atoms with E-state index in [1.165, 1.54) is 19.3 Å². The summed E-state index contributed by atoms with van der Waals surface area (Å²) in [5.74, 6) is -0.759. The normalized spacial score (nSPS) is 10.9. The molecule has 7 heteroatoms. The lowest BCUT2D eigenvalue weighted by Crippen LogP contribution is -2.30. The number of carbonyl (C=O) groups excluding carboxylic acids is 3. The van der Waals surface area contributed by atoms with E-state index in [4.69, 9.17) is 4.42 Å². The lowest BCUT2D eigenvalue weighted by atomic mass is 10.1. The molecule has 0 fully saturated rings. The van der Waals surface area contributed by atoms with E-state index < -0.39 is 11.8 Å². The van der Waals surface area contributed by atoms with Crippen LogP contribution in [0.25, 0.3) is 6.08 Å². The highest BCUT2D eigenvalue weighted by Gasteiger charge is 2.16. The standard InChI is InChI=1S/C23H21N3O4/c1-15-6-3-7-17(12-15)22(28)26-21(14-20-10-5-11-30-20)23(29)25-19-9-4-8-18(13-19)24-16(2)27/h3-14H,1-2H3,(H,24,27)(H,25,29)(H,26,28)/b21-14-. The van der Waals surface area contributed by atoms with E-state index in [2.05, 4.69) is 16.0 Å². The Morgan fingerprint density at radius 3 is 2.30 bits per heavy atom. The molecule has 3 aromatic rings. The van der Waals surface area contributed by atoms with Crippen LogP contribution in [0.4, 0.5) is 11.4 Å². The van der Waals surface area contributed by atoms with E-state index in [0.717, 1.165) is 5.56 Å². The van der Waals surface area contributed by atoms with Gasteiger partial charge in [-0.25, -0.2) is 0 Å². The minimum absolute atomic E-state index is 0.0152. The third-order valence-electron chi connectivity index (χ3n) is 4.04. The fourth-order valence-electron chi connectivity index (χ4n) is 2.73. The summed E-state index contributed by atoms with van der Waals surface area (Å²) in [7, 11) is 0. The van der Waals surface area contributed by atoms with E-state index in [-0.39, 0.29) is 11.6 Å². The van der Waals surface area contributed by atoms with Crippen LogP contribution in [0.3, 0.4) is 0 Å². The van der Waals surface area contributed by atoms with Gasteiger partial charge in [-0.1, -0.05) is 23.8 Å². The molecule has 3 N–H and O–H groups in total. The first kappa shape index (κ1) is 20.6. The Kier molecular flexibility index (Phi) is 6.44. The van der Waals surface area contributed by atoms with Gasteiger partial charge in [0.25, 0.3) is 11.8 Å². The van der Waals surface area contributed by atoms with Gasteiger partial charge in [0.2, 0.25) is 5.91 Å². The van der Waals surface area contributed by atoms with Crippen LogP contribution in [0.15, 0.2) is 77.0 Å². The topological polar surface area (TPSA) is 100 Å². The van der Waals surface area contributed by atoms with Crippen molar-refractivity contribution in [1.29, 1.82) is 0 Å². The number of furan rings is 1. The lowest BCUT2D eigenvalue weighted by Gasteiger charge is -2.12. The number of rotatable bonds is 6. The number of nitrogens with one attached hydrogen (secondary N) is 3. The molecule has 152 valence electrons.